The van der Waals surface area contributed by atoms with E-state index in [4.69, 9.17) is 9.84 Å². The number of aliphatic carboxylic acids is 1. The Labute approximate surface area is 88.0 Å². The van der Waals surface area contributed by atoms with Crippen molar-refractivity contribution in [2.75, 3.05) is 26.3 Å². The first-order valence-electron chi connectivity index (χ1n) is 4.93. The van der Waals surface area contributed by atoms with Crippen molar-refractivity contribution < 1.29 is 19.4 Å². The molecule has 0 bridgehead atoms. The number of hydrogen-bond donors (Lipinski definition) is 3. The summed E-state index contributed by atoms with van der Waals surface area (Å²) in [6.45, 7) is 3.09. The van der Waals surface area contributed by atoms with Crippen LogP contribution in [0.25, 0.3) is 0 Å². The number of amides is 1. The zero-order chi connectivity index (χ0) is 11.3. The Morgan fingerprint density at radius 2 is 2.27 bits per heavy atom. The largest absolute Gasteiger partial charge is 0.479 e. The highest BCUT2D eigenvalue weighted by molar-refractivity contribution is 5.88. The maximum atomic E-state index is 11.4. The monoisotopic (exact) mass is 216 g/mol. The van der Waals surface area contributed by atoms with Crippen LogP contribution in [0.2, 0.25) is 0 Å². The molecule has 1 fully saturated rings. The fourth-order valence-electron chi connectivity index (χ4n) is 1.44. The van der Waals surface area contributed by atoms with Gasteiger partial charge in [0.1, 0.15) is 0 Å². The summed E-state index contributed by atoms with van der Waals surface area (Å²) in [5.41, 5.74) is -1.23. The number of carboxylic acids is 1. The summed E-state index contributed by atoms with van der Waals surface area (Å²) in [6.07, 6.45) is 0.320. The second-order valence-corrected chi connectivity index (χ2v) is 3.52. The van der Waals surface area contributed by atoms with Gasteiger partial charge in [0.2, 0.25) is 5.91 Å². The van der Waals surface area contributed by atoms with E-state index >= 15 is 0 Å². The molecule has 0 aliphatic carbocycles. The standard InChI is InChI=1S/C9H16N2O4/c1-2-10-5-7(12)11-9(8(13)14)3-4-15-6-9/h10H,2-6H2,1H3,(H,11,12)(H,13,14). The molecule has 86 valence electrons. The highest BCUT2D eigenvalue weighted by Crippen LogP contribution is 2.18. The quantitative estimate of drug-likeness (QED) is 0.546. The SMILES string of the molecule is CCNCC(=O)NC1(C(=O)O)CCOC1. The molecule has 6 nitrogen and oxygen atoms in total. The van der Waals surface area contributed by atoms with E-state index in [0.29, 0.717) is 19.6 Å². The van der Waals surface area contributed by atoms with Crippen molar-refractivity contribution in [1.29, 1.82) is 0 Å². The van der Waals surface area contributed by atoms with Crippen LogP contribution in [-0.2, 0) is 14.3 Å². The summed E-state index contributed by atoms with van der Waals surface area (Å²) in [7, 11) is 0. The Bertz CT molecular complexity index is 248. The van der Waals surface area contributed by atoms with E-state index < -0.39 is 11.5 Å². The first kappa shape index (κ1) is 11.9. The molecule has 1 atom stereocenters. The summed E-state index contributed by atoms with van der Waals surface area (Å²) in [5.74, 6) is -1.35. The fourth-order valence-corrected chi connectivity index (χ4v) is 1.44. The lowest BCUT2D eigenvalue weighted by Crippen LogP contribution is -2.56. The van der Waals surface area contributed by atoms with Crippen molar-refractivity contribution >= 4 is 11.9 Å². The second kappa shape index (κ2) is 5.09. The van der Waals surface area contributed by atoms with E-state index in [-0.39, 0.29) is 19.1 Å². The van der Waals surface area contributed by atoms with Crippen molar-refractivity contribution in [1.82, 2.24) is 10.6 Å². The third-order valence-corrected chi connectivity index (χ3v) is 2.35. The van der Waals surface area contributed by atoms with Crippen LogP contribution in [0.3, 0.4) is 0 Å². The van der Waals surface area contributed by atoms with Gasteiger partial charge in [0, 0.05) is 13.0 Å². The zero-order valence-electron chi connectivity index (χ0n) is 8.71. The molecule has 1 rings (SSSR count). The Morgan fingerprint density at radius 3 is 2.73 bits per heavy atom. The Hall–Kier alpha value is -1.14. The molecule has 0 radical (unpaired) electrons. The summed E-state index contributed by atoms with van der Waals surface area (Å²) >= 11 is 0. The van der Waals surface area contributed by atoms with Gasteiger partial charge in [-0.25, -0.2) is 4.79 Å². The van der Waals surface area contributed by atoms with E-state index in [0.717, 1.165) is 0 Å². The minimum absolute atomic E-state index is 0.0419. The van der Waals surface area contributed by atoms with Crippen LogP contribution >= 0.6 is 0 Å². The van der Waals surface area contributed by atoms with Gasteiger partial charge in [-0.3, -0.25) is 4.79 Å². The molecule has 1 heterocycles. The number of nitrogens with one attached hydrogen (secondary N) is 2. The van der Waals surface area contributed by atoms with Crippen LogP contribution in [-0.4, -0.2) is 48.8 Å². The highest BCUT2D eigenvalue weighted by atomic mass is 16.5. The Kier molecular flexibility index (Phi) is 4.05. The molecule has 1 unspecified atom stereocenters. The molecule has 1 aliphatic heterocycles. The van der Waals surface area contributed by atoms with Gasteiger partial charge < -0.3 is 20.5 Å². The van der Waals surface area contributed by atoms with Gasteiger partial charge in [0.25, 0.3) is 0 Å². The Morgan fingerprint density at radius 1 is 1.53 bits per heavy atom. The van der Waals surface area contributed by atoms with Crippen LogP contribution in [0.15, 0.2) is 0 Å². The summed E-state index contributed by atoms with van der Waals surface area (Å²) in [4.78, 5) is 22.4. The van der Waals surface area contributed by atoms with Gasteiger partial charge in [0.05, 0.1) is 13.2 Å². The third-order valence-electron chi connectivity index (χ3n) is 2.35. The predicted octanol–water partition coefficient (Wildman–Crippen LogP) is -1.04. The number of carboxylic acid groups (broad SMARTS) is 1. The van der Waals surface area contributed by atoms with Gasteiger partial charge in [0.15, 0.2) is 5.54 Å². The molecule has 0 saturated carbocycles. The van der Waals surface area contributed by atoms with Crippen molar-refractivity contribution in [3.63, 3.8) is 0 Å². The average Bonchev–Trinajstić information content (AvgIpc) is 2.64. The maximum absolute atomic E-state index is 11.4. The van der Waals surface area contributed by atoms with E-state index in [2.05, 4.69) is 10.6 Å². The molecule has 1 aliphatic rings. The van der Waals surface area contributed by atoms with E-state index in [1.54, 1.807) is 0 Å². The van der Waals surface area contributed by atoms with Crippen molar-refractivity contribution in [2.45, 2.75) is 18.9 Å². The number of ether oxygens (including phenoxy) is 1. The molecule has 0 spiro atoms. The summed E-state index contributed by atoms with van der Waals surface area (Å²) in [6, 6.07) is 0. The molecule has 0 aromatic heterocycles. The molecule has 15 heavy (non-hydrogen) atoms. The molecule has 1 amide bonds. The lowest BCUT2D eigenvalue weighted by atomic mass is 9.99. The van der Waals surface area contributed by atoms with E-state index in [1.807, 2.05) is 6.92 Å². The number of likely N-dealkylation sites (N-methyl/N-ethyl adjacent to an activating group) is 1. The van der Waals surface area contributed by atoms with Crippen LogP contribution < -0.4 is 10.6 Å². The maximum Gasteiger partial charge on any atom is 0.331 e. The molecule has 0 aromatic rings. The zero-order valence-corrected chi connectivity index (χ0v) is 8.71. The topological polar surface area (TPSA) is 87.7 Å². The number of rotatable bonds is 5. The molecular weight excluding hydrogens is 200 g/mol. The molecule has 3 N–H and O–H groups in total. The van der Waals surface area contributed by atoms with Crippen molar-refractivity contribution in [3.8, 4) is 0 Å². The molecule has 1 saturated heterocycles. The molecular formula is C9H16N2O4. The first-order chi connectivity index (χ1) is 7.10. The van der Waals surface area contributed by atoms with E-state index in [1.165, 1.54) is 0 Å². The second-order valence-electron chi connectivity index (χ2n) is 3.52. The minimum atomic E-state index is -1.23. The highest BCUT2D eigenvalue weighted by Gasteiger charge is 2.43. The Balaban J connectivity index is 2.52. The van der Waals surface area contributed by atoms with Crippen LogP contribution in [0.4, 0.5) is 0 Å². The van der Waals surface area contributed by atoms with Gasteiger partial charge >= 0.3 is 5.97 Å². The smallest absolute Gasteiger partial charge is 0.331 e. The number of hydrogen-bond acceptors (Lipinski definition) is 4. The molecule has 0 aromatic carbocycles. The number of carbonyl (C=O) groups is 2. The normalized spacial score (nSPS) is 25.1. The minimum Gasteiger partial charge on any atom is -0.479 e. The van der Waals surface area contributed by atoms with Gasteiger partial charge in [-0.1, -0.05) is 6.92 Å². The lowest BCUT2D eigenvalue weighted by Gasteiger charge is -2.23. The fraction of sp³-hybridized carbons (Fsp3) is 0.778. The van der Waals surface area contributed by atoms with Gasteiger partial charge in [-0.2, -0.15) is 0 Å². The summed E-state index contributed by atoms with van der Waals surface area (Å²) < 4.78 is 5.01. The van der Waals surface area contributed by atoms with Crippen LogP contribution in [0, 0.1) is 0 Å². The van der Waals surface area contributed by atoms with Crippen molar-refractivity contribution in [3.05, 3.63) is 0 Å². The van der Waals surface area contributed by atoms with Gasteiger partial charge in [-0.15, -0.1) is 0 Å². The first-order valence-corrected chi connectivity index (χ1v) is 4.93. The summed E-state index contributed by atoms with van der Waals surface area (Å²) in [5, 5.41) is 14.4. The molecule has 6 heteroatoms. The van der Waals surface area contributed by atoms with Crippen LogP contribution in [0.1, 0.15) is 13.3 Å². The predicted molar refractivity (Wildman–Crippen MR) is 52.5 cm³/mol. The third kappa shape index (κ3) is 2.90. The number of carbonyl (C=O) groups excluding carboxylic acids is 1. The lowest BCUT2D eigenvalue weighted by molar-refractivity contribution is -0.147. The van der Waals surface area contributed by atoms with E-state index in [9.17, 15) is 9.59 Å². The van der Waals surface area contributed by atoms with Gasteiger partial charge in [-0.05, 0) is 6.54 Å². The van der Waals surface area contributed by atoms with Crippen LogP contribution in [0.5, 0.6) is 0 Å². The average molecular weight is 216 g/mol. The van der Waals surface area contributed by atoms with Crippen molar-refractivity contribution in [2.24, 2.45) is 0 Å².